The van der Waals surface area contributed by atoms with Crippen LogP contribution in [0.4, 0.5) is 0 Å². The Balaban J connectivity index is 2.35. The average molecular weight is 204 g/mol. The molecule has 2 aromatic heterocycles. The van der Waals surface area contributed by atoms with Crippen LogP contribution in [0.25, 0.3) is 11.4 Å². The Morgan fingerprint density at radius 1 is 1.47 bits per heavy atom. The van der Waals surface area contributed by atoms with Gasteiger partial charge in [0.1, 0.15) is 6.10 Å². The minimum atomic E-state index is -0.806. The fourth-order valence-corrected chi connectivity index (χ4v) is 1.28. The Kier molecular flexibility index (Phi) is 2.75. The van der Waals surface area contributed by atoms with E-state index in [-0.39, 0.29) is 6.54 Å². The second-order valence-electron chi connectivity index (χ2n) is 3.14. The smallest absolute Gasteiger partial charge is 0.158 e. The van der Waals surface area contributed by atoms with Gasteiger partial charge in [-0.3, -0.25) is 0 Å². The number of aromatic nitrogens is 3. The molecule has 2 heterocycles. The number of aromatic amines is 1. The maximum absolute atomic E-state index is 9.49. The third-order valence-electron chi connectivity index (χ3n) is 2.07. The molecule has 0 fully saturated rings. The first-order chi connectivity index (χ1) is 7.31. The lowest BCUT2D eigenvalue weighted by Crippen LogP contribution is -2.14. The fraction of sp³-hybridized carbons (Fsp3) is 0.200. The van der Waals surface area contributed by atoms with E-state index >= 15 is 0 Å². The monoisotopic (exact) mass is 204 g/mol. The quantitative estimate of drug-likeness (QED) is 0.678. The standard InChI is InChI=1S/C10H12N4O/c11-6-9(15)10-13-5-3-8(14-10)7-2-1-4-12-7/h1-5,9,12,15H,6,11H2. The first-order valence-electron chi connectivity index (χ1n) is 4.66. The maximum atomic E-state index is 9.49. The van der Waals surface area contributed by atoms with Gasteiger partial charge < -0.3 is 15.8 Å². The number of hydrogen-bond donors (Lipinski definition) is 3. The summed E-state index contributed by atoms with van der Waals surface area (Å²) in [6.45, 7) is 0.119. The van der Waals surface area contributed by atoms with E-state index in [2.05, 4.69) is 15.0 Å². The van der Waals surface area contributed by atoms with Crippen LogP contribution in [0.15, 0.2) is 30.6 Å². The third-order valence-corrected chi connectivity index (χ3v) is 2.07. The van der Waals surface area contributed by atoms with Gasteiger partial charge in [0.15, 0.2) is 5.82 Å². The van der Waals surface area contributed by atoms with Crippen molar-refractivity contribution in [3.05, 3.63) is 36.4 Å². The van der Waals surface area contributed by atoms with Gasteiger partial charge in [0.25, 0.3) is 0 Å². The van der Waals surface area contributed by atoms with Crippen molar-refractivity contribution in [1.82, 2.24) is 15.0 Å². The second-order valence-corrected chi connectivity index (χ2v) is 3.14. The van der Waals surface area contributed by atoms with Crippen LogP contribution in [0.1, 0.15) is 11.9 Å². The van der Waals surface area contributed by atoms with Crippen molar-refractivity contribution in [2.24, 2.45) is 5.73 Å². The topological polar surface area (TPSA) is 87.8 Å². The van der Waals surface area contributed by atoms with Crippen LogP contribution in [0, 0.1) is 0 Å². The van der Waals surface area contributed by atoms with E-state index in [9.17, 15) is 5.11 Å². The molecule has 1 atom stereocenters. The van der Waals surface area contributed by atoms with Crippen molar-refractivity contribution < 1.29 is 5.11 Å². The third kappa shape index (κ3) is 2.03. The molecule has 0 spiro atoms. The number of nitrogens with one attached hydrogen (secondary N) is 1. The van der Waals surface area contributed by atoms with Gasteiger partial charge in [-0.15, -0.1) is 0 Å². The first kappa shape index (κ1) is 9.82. The van der Waals surface area contributed by atoms with Crippen LogP contribution in [0.5, 0.6) is 0 Å². The molecule has 0 aliphatic carbocycles. The summed E-state index contributed by atoms with van der Waals surface area (Å²) >= 11 is 0. The van der Waals surface area contributed by atoms with E-state index in [4.69, 9.17) is 5.73 Å². The van der Waals surface area contributed by atoms with Crippen molar-refractivity contribution >= 4 is 0 Å². The zero-order chi connectivity index (χ0) is 10.7. The SMILES string of the molecule is NCC(O)c1nccc(-c2ccc[nH]2)n1. The molecule has 0 aliphatic rings. The number of aliphatic hydroxyl groups excluding tert-OH is 1. The molecule has 0 bridgehead atoms. The Bertz CT molecular complexity index is 427. The number of nitrogens with two attached hydrogens (primary N) is 1. The minimum absolute atomic E-state index is 0.119. The van der Waals surface area contributed by atoms with Crippen LogP contribution < -0.4 is 5.73 Å². The number of rotatable bonds is 3. The summed E-state index contributed by atoms with van der Waals surface area (Å²) in [7, 11) is 0. The summed E-state index contributed by atoms with van der Waals surface area (Å²) in [5, 5.41) is 9.49. The molecule has 4 N–H and O–H groups in total. The Hall–Kier alpha value is -1.72. The zero-order valence-electron chi connectivity index (χ0n) is 8.09. The van der Waals surface area contributed by atoms with Gasteiger partial charge in [-0.05, 0) is 18.2 Å². The second kappa shape index (κ2) is 4.20. The molecule has 0 aromatic carbocycles. The largest absolute Gasteiger partial charge is 0.384 e. The van der Waals surface area contributed by atoms with Crippen LogP contribution >= 0.6 is 0 Å². The Labute approximate surface area is 87.0 Å². The molecule has 15 heavy (non-hydrogen) atoms. The highest BCUT2D eigenvalue weighted by atomic mass is 16.3. The highest BCUT2D eigenvalue weighted by Crippen LogP contribution is 2.15. The van der Waals surface area contributed by atoms with Gasteiger partial charge in [0, 0.05) is 18.9 Å². The molecule has 78 valence electrons. The van der Waals surface area contributed by atoms with Gasteiger partial charge in [0.2, 0.25) is 0 Å². The maximum Gasteiger partial charge on any atom is 0.158 e. The van der Waals surface area contributed by atoms with Crippen molar-refractivity contribution in [3.8, 4) is 11.4 Å². The van der Waals surface area contributed by atoms with E-state index in [0.29, 0.717) is 5.82 Å². The molecular formula is C10H12N4O. The molecule has 0 aliphatic heterocycles. The lowest BCUT2D eigenvalue weighted by Gasteiger charge is -2.06. The summed E-state index contributed by atoms with van der Waals surface area (Å²) in [5.41, 5.74) is 6.97. The van der Waals surface area contributed by atoms with E-state index in [1.54, 1.807) is 12.3 Å². The lowest BCUT2D eigenvalue weighted by molar-refractivity contribution is 0.176. The van der Waals surface area contributed by atoms with Crippen LogP contribution in [0.3, 0.4) is 0 Å². The van der Waals surface area contributed by atoms with Crippen LogP contribution in [0.2, 0.25) is 0 Å². The average Bonchev–Trinajstić information content (AvgIpc) is 2.82. The zero-order valence-corrected chi connectivity index (χ0v) is 8.09. The molecule has 0 saturated carbocycles. The number of H-pyrrole nitrogens is 1. The van der Waals surface area contributed by atoms with E-state index in [1.807, 2.05) is 18.3 Å². The van der Waals surface area contributed by atoms with E-state index in [1.165, 1.54) is 0 Å². The van der Waals surface area contributed by atoms with Crippen LogP contribution in [-0.2, 0) is 0 Å². The van der Waals surface area contributed by atoms with Crippen molar-refractivity contribution in [1.29, 1.82) is 0 Å². The molecule has 2 rings (SSSR count). The number of hydrogen-bond acceptors (Lipinski definition) is 4. The van der Waals surface area contributed by atoms with E-state index in [0.717, 1.165) is 11.4 Å². The first-order valence-corrected chi connectivity index (χ1v) is 4.66. The predicted molar refractivity (Wildman–Crippen MR) is 55.8 cm³/mol. The van der Waals surface area contributed by atoms with Gasteiger partial charge in [-0.1, -0.05) is 0 Å². The van der Waals surface area contributed by atoms with E-state index < -0.39 is 6.10 Å². The fourth-order valence-electron chi connectivity index (χ4n) is 1.28. The van der Waals surface area contributed by atoms with Crippen molar-refractivity contribution in [3.63, 3.8) is 0 Å². The van der Waals surface area contributed by atoms with Crippen molar-refractivity contribution in [2.45, 2.75) is 6.10 Å². The van der Waals surface area contributed by atoms with Gasteiger partial charge >= 0.3 is 0 Å². The van der Waals surface area contributed by atoms with Gasteiger partial charge in [-0.2, -0.15) is 0 Å². The highest BCUT2D eigenvalue weighted by molar-refractivity contribution is 5.53. The lowest BCUT2D eigenvalue weighted by atomic mass is 10.2. The van der Waals surface area contributed by atoms with Gasteiger partial charge in [0.05, 0.1) is 11.4 Å². The minimum Gasteiger partial charge on any atom is -0.384 e. The van der Waals surface area contributed by atoms with Crippen LogP contribution in [-0.4, -0.2) is 26.6 Å². The molecule has 0 saturated heterocycles. The highest BCUT2D eigenvalue weighted by Gasteiger charge is 2.09. The Morgan fingerprint density at radius 3 is 3.00 bits per heavy atom. The molecule has 5 nitrogen and oxygen atoms in total. The molecule has 0 radical (unpaired) electrons. The molecule has 2 aromatic rings. The summed E-state index contributed by atoms with van der Waals surface area (Å²) in [4.78, 5) is 11.2. The summed E-state index contributed by atoms with van der Waals surface area (Å²) in [6, 6.07) is 5.57. The molecule has 5 heteroatoms. The summed E-state index contributed by atoms with van der Waals surface area (Å²) in [5.74, 6) is 0.351. The molecule has 0 amide bonds. The summed E-state index contributed by atoms with van der Waals surface area (Å²) in [6.07, 6.45) is 2.62. The molecule has 1 unspecified atom stereocenters. The van der Waals surface area contributed by atoms with Gasteiger partial charge in [-0.25, -0.2) is 9.97 Å². The number of nitrogens with zero attached hydrogens (tertiary/aromatic N) is 2. The van der Waals surface area contributed by atoms with Crippen molar-refractivity contribution in [2.75, 3.05) is 6.54 Å². The Morgan fingerprint density at radius 2 is 2.33 bits per heavy atom. The predicted octanol–water partition coefficient (Wildman–Crippen LogP) is 0.464. The normalized spacial score (nSPS) is 12.7. The number of aliphatic hydroxyl groups is 1. The summed E-state index contributed by atoms with van der Waals surface area (Å²) < 4.78 is 0. The molecular weight excluding hydrogens is 192 g/mol.